The van der Waals surface area contributed by atoms with Crippen molar-refractivity contribution >= 4 is 17.5 Å². The van der Waals surface area contributed by atoms with Crippen molar-refractivity contribution in [3.8, 4) is 5.69 Å². The Bertz CT molecular complexity index is 682. The number of hydrogen-bond acceptors (Lipinski definition) is 4. The highest BCUT2D eigenvalue weighted by molar-refractivity contribution is 5.97. The summed E-state index contributed by atoms with van der Waals surface area (Å²) in [4.78, 5) is 28.2. The molecule has 0 saturated heterocycles. The summed E-state index contributed by atoms with van der Waals surface area (Å²) < 4.78 is 1.63. The summed E-state index contributed by atoms with van der Waals surface area (Å²) in [6, 6.07) is 6.65. The lowest BCUT2D eigenvalue weighted by Crippen LogP contribution is -2.43. The number of carbonyl (C=O) groups excluding carboxylic acids is 2. The molecule has 2 atom stereocenters. The van der Waals surface area contributed by atoms with Crippen LogP contribution < -0.4 is 10.6 Å². The Balaban J connectivity index is 1.87. The Kier molecular flexibility index (Phi) is 6.68. The van der Waals surface area contributed by atoms with Gasteiger partial charge >= 0.3 is 0 Å². The third-order valence-electron chi connectivity index (χ3n) is 4.01. The van der Waals surface area contributed by atoms with Crippen LogP contribution in [-0.4, -0.2) is 32.6 Å². The molecule has 2 aromatic rings. The fourth-order valence-corrected chi connectivity index (χ4v) is 2.35. The van der Waals surface area contributed by atoms with Gasteiger partial charge in [0.05, 0.1) is 5.69 Å². The van der Waals surface area contributed by atoms with Gasteiger partial charge in [-0.1, -0.05) is 26.7 Å². The number of nitrogens with zero attached hydrogens (tertiary/aromatic N) is 3. The van der Waals surface area contributed by atoms with E-state index in [1.54, 1.807) is 30.1 Å². The maximum absolute atomic E-state index is 12.2. The highest BCUT2D eigenvalue weighted by Gasteiger charge is 2.19. The molecule has 0 fully saturated rings. The predicted molar refractivity (Wildman–Crippen MR) is 96.3 cm³/mol. The monoisotopic (exact) mass is 343 g/mol. The molecular formula is C18H25N5O2. The minimum absolute atomic E-state index is 0.0855. The van der Waals surface area contributed by atoms with Crippen LogP contribution >= 0.6 is 0 Å². The Morgan fingerprint density at radius 3 is 2.48 bits per heavy atom. The van der Waals surface area contributed by atoms with E-state index in [-0.39, 0.29) is 17.7 Å². The number of unbranched alkanes of at least 4 members (excludes halogenated alkanes) is 1. The molecule has 2 amide bonds. The van der Waals surface area contributed by atoms with Crippen LogP contribution in [0.4, 0.5) is 5.69 Å². The number of hydrogen-bond donors (Lipinski definition) is 2. The van der Waals surface area contributed by atoms with Gasteiger partial charge in [0.2, 0.25) is 11.8 Å². The lowest BCUT2D eigenvalue weighted by atomic mass is 10.0. The van der Waals surface area contributed by atoms with Crippen LogP contribution in [-0.2, 0) is 9.59 Å². The highest BCUT2D eigenvalue weighted by Crippen LogP contribution is 2.13. The molecule has 0 bridgehead atoms. The number of nitrogens with one attached hydrogen (secondary N) is 2. The predicted octanol–water partition coefficient (Wildman–Crippen LogP) is 2.54. The Morgan fingerprint density at radius 2 is 1.88 bits per heavy atom. The largest absolute Gasteiger partial charge is 0.344 e. The molecule has 0 spiro atoms. The van der Waals surface area contributed by atoms with Crippen molar-refractivity contribution in [1.82, 2.24) is 20.1 Å². The van der Waals surface area contributed by atoms with Crippen LogP contribution in [0.2, 0.25) is 0 Å². The zero-order chi connectivity index (χ0) is 18.2. The molecule has 134 valence electrons. The molecular weight excluding hydrogens is 318 g/mol. The van der Waals surface area contributed by atoms with E-state index in [0.29, 0.717) is 5.69 Å². The van der Waals surface area contributed by atoms with Crippen molar-refractivity contribution in [3.63, 3.8) is 0 Å². The zero-order valence-corrected chi connectivity index (χ0v) is 14.9. The zero-order valence-electron chi connectivity index (χ0n) is 14.9. The van der Waals surface area contributed by atoms with E-state index >= 15 is 0 Å². The van der Waals surface area contributed by atoms with Gasteiger partial charge < -0.3 is 10.6 Å². The summed E-state index contributed by atoms with van der Waals surface area (Å²) in [6.45, 7) is 5.66. The van der Waals surface area contributed by atoms with E-state index < -0.39 is 6.04 Å². The first-order valence-electron chi connectivity index (χ1n) is 8.57. The fourth-order valence-electron chi connectivity index (χ4n) is 2.35. The molecule has 0 unspecified atom stereocenters. The van der Waals surface area contributed by atoms with Crippen LogP contribution in [0, 0.1) is 5.92 Å². The van der Waals surface area contributed by atoms with E-state index in [1.807, 2.05) is 19.1 Å². The van der Waals surface area contributed by atoms with Gasteiger partial charge in [0.15, 0.2) is 0 Å². The minimum atomic E-state index is -0.591. The van der Waals surface area contributed by atoms with E-state index in [9.17, 15) is 9.59 Å². The van der Waals surface area contributed by atoms with Crippen molar-refractivity contribution < 1.29 is 9.59 Å². The van der Waals surface area contributed by atoms with Gasteiger partial charge in [-0.25, -0.2) is 9.67 Å². The van der Waals surface area contributed by atoms with Crippen LogP contribution in [0.15, 0.2) is 36.9 Å². The molecule has 1 heterocycles. The second-order valence-electron chi connectivity index (χ2n) is 6.15. The van der Waals surface area contributed by atoms with E-state index in [1.165, 1.54) is 6.33 Å². The van der Waals surface area contributed by atoms with Crippen LogP contribution in [0.1, 0.15) is 40.0 Å². The number of carbonyl (C=O) groups is 2. The summed E-state index contributed by atoms with van der Waals surface area (Å²) in [6.07, 6.45) is 5.96. The molecule has 0 saturated carbocycles. The second-order valence-corrected chi connectivity index (χ2v) is 6.15. The minimum Gasteiger partial charge on any atom is -0.344 e. The molecule has 2 rings (SSSR count). The molecule has 25 heavy (non-hydrogen) atoms. The van der Waals surface area contributed by atoms with Gasteiger partial charge in [-0.05, 0) is 37.6 Å². The van der Waals surface area contributed by atoms with Gasteiger partial charge in [0, 0.05) is 11.6 Å². The number of rotatable bonds is 8. The molecule has 0 aliphatic carbocycles. The van der Waals surface area contributed by atoms with Crippen LogP contribution in [0.25, 0.3) is 5.69 Å². The average molecular weight is 343 g/mol. The number of amides is 2. The maximum atomic E-state index is 12.2. The summed E-state index contributed by atoms with van der Waals surface area (Å²) in [5.74, 6) is -0.417. The smallest absolute Gasteiger partial charge is 0.246 e. The van der Waals surface area contributed by atoms with Crippen molar-refractivity contribution in [2.24, 2.45) is 5.92 Å². The SMILES string of the molecule is CCCC[C@H](C)C(=O)N[C@H](C)C(=O)Nc1ccc(-n2cncn2)cc1. The highest BCUT2D eigenvalue weighted by atomic mass is 16.2. The van der Waals surface area contributed by atoms with Crippen molar-refractivity contribution in [2.75, 3.05) is 5.32 Å². The molecule has 7 heteroatoms. The third kappa shape index (κ3) is 5.41. The number of anilines is 1. The summed E-state index contributed by atoms with van der Waals surface area (Å²) in [5.41, 5.74) is 1.51. The van der Waals surface area contributed by atoms with E-state index in [4.69, 9.17) is 0 Å². The first kappa shape index (κ1) is 18.6. The standard InChI is InChI=1S/C18H25N5O2/c1-4-5-6-13(2)17(24)21-14(3)18(25)22-15-7-9-16(10-8-15)23-12-19-11-20-23/h7-14H,4-6H2,1-3H3,(H,21,24)(H,22,25)/t13-,14+/m0/s1. The maximum Gasteiger partial charge on any atom is 0.246 e. The molecule has 1 aromatic carbocycles. The summed E-state index contributed by atoms with van der Waals surface area (Å²) in [5, 5.41) is 9.62. The lowest BCUT2D eigenvalue weighted by Gasteiger charge is -2.17. The molecule has 2 N–H and O–H groups in total. The van der Waals surface area contributed by atoms with Gasteiger partial charge in [0.25, 0.3) is 0 Å². The van der Waals surface area contributed by atoms with E-state index in [2.05, 4.69) is 27.6 Å². The van der Waals surface area contributed by atoms with Crippen molar-refractivity contribution in [2.45, 2.75) is 46.1 Å². The molecule has 7 nitrogen and oxygen atoms in total. The second kappa shape index (κ2) is 8.96. The quantitative estimate of drug-likeness (QED) is 0.771. The lowest BCUT2D eigenvalue weighted by molar-refractivity contribution is -0.128. The van der Waals surface area contributed by atoms with Crippen molar-refractivity contribution in [1.29, 1.82) is 0 Å². The van der Waals surface area contributed by atoms with Gasteiger partial charge in [-0.3, -0.25) is 9.59 Å². The molecule has 0 aliphatic heterocycles. The van der Waals surface area contributed by atoms with Gasteiger partial charge in [-0.2, -0.15) is 5.10 Å². The fraction of sp³-hybridized carbons (Fsp3) is 0.444. The summed E-state index contributed by atoms with van der Waals surface area (Å²) in [7, 11) is 0. The van der Waals surface area contributed by atoms with Crippen molar-refractivity contribution in [3.05, 3.63) is 36.9 Å². The first-order chi connectivity index (χ1) is 12.0. The van der Waals surface area contributed by atoms with Crippen LogP contribution in [0.5, 0.6) is 0 Å². The topological polar surface area (TPSA) is 88.9 Å². The van der Waals surface area contributed by atoms with Gasteiger partial charge in [-0.15, -0.1) is 0 Å². The Morgan fingerprint density at radius 1 is 1.16 bits per heavy atom. The first-order valence-corrected chi connectivity index (χ1v) is 8.57. The van der Waals surface area contributed by atoms with Gasteiger partial charge in [0.1, 0.15) is 18.7 Å². The Hall–Kier alpha value is -2.70. The number of benzene rings is 1. The van der Waals surface area contributed by atoms with Crippen LogP contribution in [0.3, 0.4) is 0 Å². The normalized spacial score (nSPS) is 13.1. The molecule has 0 radical (unpaired) electrons. The number of aromatic nitrogens is 3. The third-order valence-corrected chi connectivity index (χ3v) is 4.01. The van der Waals surface area contributed by atoms with E-state index in [0.717, 1.165) is 24.9 Å². The average Bonchev–Trinajstić information content (AvgIpc) is 3.14. The Labute approximate surface area is 147 Å². The molecule has 1 aromatic heterocycles. The molecule has 0 aliphatic rings. The summed E-state index contributed by atoms with van der Waals surface area (Å²) >= 11 is 0.